The Morgan fingerprint density at radius 2 is 2.23 bits per heavy atom. The van der Waals surface area contributed by atoms with E-state index in [2.05, 4.69) is 10.6 Å². The van der Waals surface area contributed by atoms with Gasteiger partial charge in [-0.1, -0.05) is 18.2 Å². The number of carbonyl (C=O) groups excluding carboxylic acids is 1. The van der Waals surface area contributed by atoms with Crippen LogP contribution in [0.4, 0.5) is 0 Å². The number of benzene rings is 1. The van der Waals surface area contributed by atoms with Crippen molar-refractivity contribution in [1.82, 2.24) is 10.6 Å². The van der Waals surface area contributed by atoms with Crippen LogP contribution in [0.2, 0.25) is 0 Å². The van der Waals surface area contributed by atoms with Crippen LogP contribution < -0.4 is 15.4 Å². The molecule has 122 valence electrons. The van der Waals surface area contributed by atoms with Crippen molar-refractivity contribution >= 4 is 5.91 Å². The molecule has 1 aromatic rings. The number of para-hydroxylation sites is 1. The van der Waals surface area contributed by atoms with Gasteiger partial charge >= 0.3 is 0 Å². The normalized spacial score (nSPS) is 18.2. The fourth-order valence-corrected chi connectivity index (χ4v) is 2.84. The molecule has 2 rings (SSSR count). The number of rotatable bonds is 7. The minimum absolute atomic E-state index is 0.0728. The topological polar surface area (TPSA) is 50.4 Å². The van der Waals surface area contributed by atoms with Crippen molar-refractivity contribution in [3.8, 4) is 5.75 Å². The quantitative estimate of drug-likeness (QED) is 0.814. The van der Waals surface area contributed by atoms with Gasteiger partial charge in [-0.25, -0.2) is 0 Å². The third-order valence-corrected chi connectivity index (χ3v) is 3.96. The van der Waals surface area contributed by atoms with Crippen LogP contribution >= 0.6 is 0 Å². The molecular weight excluding hydrogens is 276 g/mol. The van der Waals surface area contributed by atoms with Crippen LogP contribution in [-0.4, -0.2) is 31.6 Å². The zero-order valence-corrected chi connectivity index (χ0v) is 13.7. The van der Waals surface area contributed by atoms with Crippen molar-refractivity contribution in [2.24, 2.45) is 5.92 Å². The van der Waals surface area contributed by atoms with E-state index in [1.165, 1.54) is 12.8 Å². The number of nitrogens with one attached hydrogen (secondary N) is 2. The monoisotopic (exact) mass is 304 g/mol. The van der Waals surface area contributed by atoms with Gasteiger partial charge in [0.05, 0.1) is 12.5 Å². The molecule has 0 radical (unpaired) electrons. The predicted octanol–water partition coefficient (Wildman–Crippen LogP) is 2.52. The molecule has 0 aliphatic carbocycles. The molecule has 1 aliphatic rings. The van der Waals surface area contributed by atoms with E-state index in [1.54, 1.807) is 0 Å². The molecule has 1 amide bonds. The zero-order chi connectivity index (χ0) is 15.8. The van der Waals surface area contributed by atoms with Crippen LogP contribution in [0.5, 0.6) is 5.75 Å². The molecule has 1 aliphatic heterocycles. The smallest absolute Gasteiger partial charge is 0.224 e. The van der Waals surface area contributed by atoms with Crippen LogP contribution in [0.15, 0.2) is 24.3 Å². The third kappa shape index (κ3) is 5.68. The third-order valence-electron chi connectivity index (χ3n) is 3.96. The number of amides is 1. The Morgan fingerprint density at radius 1 is 1.41 bits per heavy atom. The lowest BCUT2D eigenvalue weighted by molar-refractivity contribution is -0.120. The maximum absolute atomic E-state index is 12.1. The largest absolute Gasteiger partial charge is 0.491 e. The minimum Gasteiger partial charge on any atom is -0.491 e. The van der Waals surface area contributed by atoms with Crippen molar-refractivity contribution in [1.29, 1.82) is 0 Å². The van der Waals surface area contributed by atoms with Crippen LogP contribution in [0, 0.1) is 5.92 Å². The summed E-state index contributed by atoms with van der Waals surface area (Å²) in [5.41, 5.74) is 0.952. The predicted molar refractivity (Wildman–Crippen MR) is 89.1 cm³/mol. The van der Waals surface area contributed by atoms with Gasteiger partial charge in [0.1, 0.15) is 5.75 Å². The van der Waals surface area contributed by atoms with Gasteiger partial charge in [-0.2, -0.15) is 0 Å². The van der Waals surface area contributed by atoms with E-state index in [1.807, 2.05) is 38.1 Å². The molecule has 2 N–H and O–H groups in total. The summed E-state index contributed by atoms with van der Waals surface area (Å²) in [4.78, 5) is 12.1. The van der Waals surface area contributed by atoms with Gasteiger partial charge in [0.2, 0.25) is 5.91 Å². The molecule has 0 saturated carbocycles. The zero-order valence-electron chi connectivity index (χ0n) is 13.7. The number of carbonyl (C=O) groups is 1. The first kappa shape index (κ1) is 16.8. The Hall–Kier alpha value is -1.55. The minimum atomic E-state index is 0.0728. The van der Waals surface area contributed by atoms with Gasteiger partial charge in [-0.15, -0.1) is 0 Å². The van der Waals surface area contributed by atoms with E-state index in [0.29, 0.717) is 12.3 Å². The first-order valence-corrected chi connectivity index (χ1v) is 8.37. The number of hydrogen-bond acceptors (Lipinski definition) is 3. The Morgan fingerprint density at radius 3 is 2.95 bits per heavy atom. The molecule has 22 heavy (non-hydrogen) atoms. The summed E-state index contributed by atoms with van der Waals surface area (Å²) >= 11 is 0. The molecule has 0 bridgehead atoms. The lowest BCUT2D eigenvalue weighted by Gasteiger charge is -2.22. The summed E-state index contributed by atoms with van der Waals surface area (Å²) in [5.74, 6) is 1.58. The average molecular weight is 304 g/mol. The summed E-state index contributed by atoms with van der Waals surface area (Å²) in [7, 11) is 0. The van der Waals surface area contributed by atoms with Crippen molar-refractivity contribution in [3.63, 3.8) is 0 Å². The molecule has 0 spiro atoms. The summed E-state index contributed by atoms with van der Waals surface area (Å²) in [6, 6.07) is 7.78. The Kier molecular flexibility index (Phi) is 6.72. The molecule has 4 heteroatoms. The second-order valence-electron chi connectivity index (χ2n) is 6.30. The Balaban J connectivity index is 1.76. The first-order valence-electron chi connectivity index (χ1n) is 8.37. The standard InChI is InChI=1S/C18H28N2O2/c1-14(2)22-17-8-4-3-7-16(17)12-18(21)20-11-9-15-6-5-10-19-13-15/h3-4,7-8,14-15,19H,5-6,9-13H2,1-2H3,(H,20,21). The number of piperidine rings is 1. The van der Waals surface area contributed by atoms with Crippen molar-refractivity contribution in [2.45, 2.75) is 45.6 Å². The number of ether oxygens (including phenoxy) is 1. The highest BCUT2D eigenvalue weighted by molar-refractivity contribution is 5.79. The summed E-state index contributed by atoms with van der Waals surface area (Å²) in [6.07, 6.45) is 4.07. The lowest BCUT2D eigenvalue weighted by atomic mass is 9.96. The maximum atomic E-state index is 12.1. The van der Waals surface area contributed by atoms with E-state index in [9.17, 15) is 4.79 Å². The van der Waals surface area contributed by atoms with Crippen molar-refractivity contribution in [3.05, 3.63) is 29.8 Å². The molecular formula is C18H28N2O2. The van der Waals surface area contributed by atoms with E-state index in [-0.39, 0.29) is 12.0 Å². The molecule has 1 fully saturated rings. The molecule has 1 unspecified atom stereocenters. The molecule has 0 aromatic heterocycles. The fourth-order valence-electron chi connectivity index (χ4n) is 2.84. The molecule has 4 nitrogen and oxygen atoms in total. The van der Waals surface area contributed by atoms with Crippen molar-refractivity contribution < 1.29 is 9.53 Å². The Labute approximate surface area is 133 Å². The molecule has 1 saturated heterocycles. The van der Waals surface area contributed by atoms with Gasteiger partial charge in [-0.05, 0) is 58.2 Å². The van der Waals surface area contributed by atoms with Crippen LogP contribution in [0.1, 0.15) is 38.7 Å². The Bertz CT molecular complexity index is 468. The lowest BCUT2D eigenvalue weighted by Crippen LogP contribution is -2.33. The van der Waals surface area contributed by atoms with E-state index >= 15 is 0 Å². The highest BCUT2D eigenvalue weighted by Gasteiger charge is 2.14. The second-order valence-corrected chi connectivity index (χ2v) is 6.30. The van der Waals surface area contributed by atoms with Crippen LogP contribution in [0.3, 0.4) is 0 Å². The van der Waals surface area contributed by atoms with E-state index in [0.717, 1.165) is 37.4 Å². The summed E-state index contributed by atoms with van der Waals surface area (Å²) in [6.45, 7) is 6.97. The van der Waals surface area contributed by atoms with Crippen LogP contribution in [0.25, 0.3) is 0 Å². The first-order chi connectivity index (χ1) is 10.6. The molecule has 1 aromatic carbocycles. The number of hydrogen-bond donors (Lipinski definition) is 2. The van der Waals surface area contributed by atoms with Crippen LogP contribution in [-0.2, 0) is 11.2 Å². The highest BCUT2D eigenvalue weighted by Crippen LogP contribution is 2.20. The summed E-state index contributed by atoms with van der Waals surface area (Å²) in [5, 5.41) is 6.45. The highest BCUT2D eigenvalue weighted by atomic mass is 16.5. The van der Waals surface area contributed by atoms with Gasteiger partial charge in [0.15, 0.2) is 0 Å². The van der Waals surface area contributed by atoms with Gasteiger partial charge < -0.3 is 15.4 Å². The van der Waals surface area contributed by atoms with Gasteiger partial charge in [-0.3, -0.25) is 4.79 Å². The summed E-state index contributed by atoms with van der Waals surface area (Å²) < 4.78 is 5.76. The SMILES string of the molecule is CC(C)Oc1ccccc1CC(=O)NCCC1CCCNC1. The maximum Gasteiger partial charge on any atom is 0.224 e. The molecule has 1 heterocycles. The van der Waals surface area contributed by atoms with E-state index < -0.39 is 0 Å². The van der Waals surface area contributed by atoms with E-state index in [4.69, 9.17) is 4.74 Å². The second kappa shape index (κ2) is 8.79. The molecule has 1 atom stereocenters. The fraction of sp³-hybridized carbons (Fsp3) is 0.611. The van der Waals surface area contributed by atoms with Crippen molar-refractivity contribution in [2.75, 3.05) is 19.6 Å². The van der Waals surface area contributed by atoms with Gasteiger partial charge in [0, 0.05) is 12.1 Å². The van der Waals surface area contributed by atoms with Gasteiger partial charge in [0.25, 0.3) is 0 Å². The average Bonchev–Trinajstić information content (AvgIpc) is 2.50.